The van der Waals surface area contributed by atoms with Crippen LogP contribution in [-0.4, -0.2) is 35.8 Å². The average Bonchev–Trinajstić information content (AvgIpc) is 3.08. The van der Waals surface area contributed by atoms with Gasteiger partial charge in [-0.3, -0.25) is 9.78 Å². The Morgan fingerprint density at radius 2 is 2.00 bits per heavy atom. The number of carbonyl (C=O) groups is 1. The smallest absolute Gasteiger partial charge is 0.230 e. The van der Waals surface area contributed by atoms with Gasteiger partial charge in [0.05, 0.1) is 5.75 Å². The quantitative estimate of drug-likeness (QED) is 0.829. The third-order valence-electron chi connectivity index (χ3n) is 4.02. The number of thioether (sulfide) groups is 1. The molecule has 0 aliphatic carbocycles. The molecular weight excluding hydrogens is 306 g/mol. The minimum Gasteiger partial charge on any atom is -0.367 e. The number of rotatable bonds is 6. The molecule has 0 radical (unpaired) electrons. The molecule has 1 N–H and O–H groups in total. The first-order valence-corrected chi connectivity index (χ1v) is 8.93. The maximum absolute atomic E-state index is 12.1. The van der Waals surface area contributed by atoms with Crippen molar-refractivity contribution in [3.63, 3.8) is 0 Å². The van der Waals surface area contributed by atoms with Gasteiger partial charge < -0.3 is 10.2 Å². The largest absolute Gasteiger partial charge is 0.367 e. The first-order valence-electron chi connectivity index (χ1n) is 7.94. The van der Waals surface area contributed by atoms with Crippen molar-refractivity contribution >= 4 is 23.4 Å². The number of aromatic nitrogens is 1. The number of para-hydroxylation sites is 1. The minimum absolute atomic E-state index is 0.0896. The first-order chi connectivity index (χ1) is 11.3. The zero-order chi connectivity index (χ0) is 15.9. The van der Waals surface area contributed by atoms with Crippen molar-refractivity contribution in [1.82, 2.24) is 10.3 Å². The van der Waals surface area contributed by atoms with Gasteiger partial charge in [-0.1, -0.05) is 18.2 Å². The van der Waals surface area contributed by atoms with E-state index in [2.05, 4.69) is 39.5 Å². The summed E-state index contributed by atoms with van der Waals surface area (Å²) in [6, 6.07) is 14.7. The van der Waals surface area contributed by atoms with Crippen LogP contribution >= 0.6 is 11.8 Å². The summed E-state index contributed by atoms with van der Waals surface area (Å²) in [4.78, 5) is 19.5. The van der Waals surface area contributed by atoms with Gasteiger partial charge in [0.15, 0.2) is 0 Å². The average molecular weight is 327 g/mol. The van der Waals surface area contributed by atoms with Crippen LogP contribution in [0.1, 0.15) is 12.8 Å². The van der Waals surface area contributed by atoms with E-state index in [1.165, 1.54) is 12.1 Å². The summed E-state index contributed by atoms with van der Waals surface area (Å²) in [5.41, 5.74) is 1.25. The number of anilines is 1. The van der Waals surface area contributed by atoms with E-state index < -0.39 is 0 Å². The highest BCUT2D eigenvalue weighted by molar-refractivity contribution is 8.00. The third kappa shape index (κ3) is 4.48. The Morgan fingerprint density at radius 3 is 2.78 bits per heavy atom. The molecule has 4 nitrogen and oxygen atoms in total. The summed E-state index contributed by atoms with van der Waals surface area (Å²) in [6.45, 7) is 1.78. The van der Waals surface area contributed by atoms with Crippen LogP contribution in [0.4, 0.5) is 5.69 Å². The van der Waals surface area contributed by atoms with E-state index in [-0.39, 0.29) is 5.91 Å². The number of amides is 1. The molecule has 0 bridgehead atoms. The lowest BCUT2D eigenvalue weighted by Gasteiger charge is -2.27. The van der Waals surface area contributed by atoms with Crippen molar-refractivity contribution < 1.29 is 4.79 Å². The van der Waals surface area contributed by atoms with Crippen LogP contribution in [0.25, 0.3) is 0 Å². The lowest BCUT2D eigenvalue weighted by molar-refractivity contribution is -0.118. The molecule has 1 atom stereocenters. The van der Waals surface area contributed by atoms with Crippen molar-refractivity contribution in [2.24, 2.45) is 0 Å². The zero-order valence-electron chi connectivity index (χ0n) is 13.0. The predicted molar refractivity (Wildman–Crippen MR) is 94.8 cm³/mol. The molecule has 1 unspecified atom stereocenters. The fraction of sp³-hybridized carbons (Fsp3) is 0.333. The lowest BCUT2D eigenvalue weighted by Crippen LogP contribution is -2.40. The maximum atomic E-state index is 12.1. The molecular formula is C18H21N3OS. The SMILES string of the molecule is O=C(CSc1ccncc1)NCC1CCCN1c1ccccc1. The van der Waals surface area contributed by atoms with Gasteiger partial charge in [0, 0.05) is 42.1 Å². The molecule has 1 aromatic carbocycles. The van der Waals surface area contributed by atoms with Crippen LogP contribution in [0, 0.1) is 0 Å². The number of nitrogens with zero attached hydrogens (tertiary/aromatic N) is 2. The highest BCUT2D eigenvalue weighted by atomic mass is 32.2. The van der Waals surface area contributed by atoms with E-state index >= 15 is 0 Å². The molecule has 0 saturated carbocycles. The van der Waals surface area contributed by atoms with Gasteiger partial charge in [0.25, 0.3) is 0 Å². The summed E-state index contributed by atoms with van der Waals surface area (Å²) >= 11 is 1.54. The molecule has 1 aromatic heterocycles. The second kappa shape index (κ2) is 8.02. The van der Waals surface area contributed by atoms with Gasteiger partial charge >= 0.3 is 0 Å². The second-order valence-electron chi connectivity index (χ2n) is 5.60. The van der Waals surface area contributed by atoms with Gasteiger partial charge in [-0.25, -0.2) is 0 Å². The Bertz CT molecular complexity index is 621. The Balaban J connectivity index is 1.46. The van der Waals surface area contributed by atoms with E-state index in [1.54, 1.807) is 24.2 Å². The Hall–Kier alpha value is -2.01. The van der Waals surface area contributed by atoms with Gasteiger partial charge in [-0.15, -0.1) is 11.8 Å². The summed E-state index contributed by atoms with van der Waals surface area (Å²) in [5, 5.41) is 3.08. The molecule has 3 rings (SSSR count). The van der Waals surface area contributed by atoms with Crippen LogP contribution in [0.15, 0.2) is 59.8 Å². The van der Waals surface area contributed by atoms with Crippen LogP contribution in [-0.2, 0) is 4.79 Å². The Morgan fingerprint density at radius 1 is 1.22 bits per heavy atom. The number of benzene rings is 1. The van der Waals surface area contributed by atoms with Gasteiger partial charge in [0.2, 0.25) is 5.91 Å². The van der Waals surface area contributed by atoms with Crippen LogP contribution < -0.4 is 10.2 Å². The zero-order valence-corrected chi connectivity index (χ0v) is 13.8. The molecule has 1 aliphatic heterocycles. The Labute approximate surface area is 141 Å². The lowest BCUT2D eigenvalue weighted by atomic mass is 10.2. The molecule has 0 spiro atoms. The van der Waals surface area contributed by atoms with Gasteiger partial charge in [0.1, 0.15) is 0 Å². The first kappa shape index (κ1) is 15.9. The molecule has 5 heteroatoms. The molecule has 120 valence electrons. The van der Waals surface area contributed by atoms with E-state index in [1.807, 2.05) is 18.2 Å². The molecule has 23 heavy (non-hydrogen) atoms. The fourth-order valence-corrected chi connectivity index (χ4v) is 3.59. The molecule has 1 aliphatic rings. The number of nitrogens with one attached hydrogen (secondary N) is 1. The molecule has 1 fully saturated rings. The van der Waals surface area contributed by atoms with Gasteiger partial charge in [-0.05, 0) is 37.1 Å². The molecule has 2 aromatic rings. The van der Waals surface area contributed by atoms with E-state index in [0.717, 1.165) is 17.9 Å². The van der Waals surface area contributed by atoms with E-state index in [4.69, 9.17) is 0 Å². The number of pyridine rings is 1. The van der Waals surface area contributed by atoms with Crippen LogP contribution in [0.3, 0.4) is 0 Å². The van der Waals surface area contributed by atoms with Crippen molar-refractivity contribution in [2.45, 2.75) is 23.8 Å². The third-order valence-corrected chi connectivity index (χ3v) is 5.03. The topological polar surface area (TPSA) is 45.2 Å². The summed E-state index contributed by atoms with van der Waals surface area (Å²) in [6.07, 6.45) is 5.81. The highest BCUT2D eigenvalue weighted by Crippen LogP contribution is 2.24. The monoisotopic (exact) mass is 327 g/mol. The van der Waals surface area contributed by atoms with Crippen molar-refractivity contribution in [1.29, 1.82) is 0 Å². The fourth-order valence-electron chi connectivity index (χ4n) is 2.87. The summed E-state index contributed by atoms with van der Waals surface area (Å²) in [5.74, 6) is 0.536. The van der Waals surface area contributed by atoms with Crippen molar-refractivity contribution in [2.75, 3.05) is 23.7 Å². The van der Waals surface area contributed by atoms with Crippen LogP contribution in [0.2, 0.25) is 0 Å². The van der Waals surface area contributed by atoms with Gasteiger partial charge in [-0.2, -0.15) is 0 Å². The number of carbonyl (C=O) groups excluding carboxylic acids is 1. The minimum atomic E-state index is 0.0896. The molecule has 1 saturated heterocycles. The summed E-state index contributed by atoms with van der Waals surface area (Å²) < 4.78 is 0. The number of hydrogen-bond acceptors (Lipinski definition) is 4. The Kier molecular flexibility index (Phi) is 5.53. The number of hydrogen-bond donors (Lipinski definition) is 1. The van der Waals surface area contributed by atoms with Crippen LogP contribution in [0.5, 0.6) is 0 Å². The second-order valence-corrected chi connectivity index (χ2v) is 6.65. The maximum Gasteiger partial charge on any atom is 0.230 e. The van der Waals surface area contributed by atoms with E-state index in [9.17, 15) is 4.79 Å². The molecule has 2 heterocycles. The molecule has 1 amide bonds. The summed E-state index contributed by atoms with van der Waals surface area (Å²) in [7, 11) is 0. The van der Waals surface area contributed by atoms with Crippen molar-refractivity contribution in [3.8, 4) is 0 Å². The highest BCUT2D eigenvalue weighted by Gasteiger charge is 2.24. The predicted octanol–water partition coefficient (Wildman–Crippen LogP) is 2.96. The van der Waals surface area contributed by atoms with Crippen molar-refractivity contribution in [3.05, 3.63) is 54.9 Å². The van der Waals surface area contributed by atoms with E-state index in [0.29, 0.717) is 18.3 Å². The standard InChI is InChI=1S/C18H21N3OS/c22-18(14-23-17-8-10-19-11-9-17)20-13-16-7-4-12-21(16)15-5-2-1-3-6-15/h1-3,5-6,8-11,16H,4,7,12-14H2,(H,20,22). The normalized spacial score (nSPS) is 17.2.